The molecule has 0 saturated carbocycles. The van der Waals surface area contributed by atoms with Gasteiger partial charge in [-0.05, 0) is 61.2 Å². The third-order valence-electron chi connectivity index (χ3n) is 5.63. The fourth-order valence-corrected chi connectivity index (χ4v) is 4.03. The van der Waals surface area contributed by atoms with Crippen LogP contribution in [0.15, 0.2) is 72.9 Å². The van der Waals surface area contributed by atoms with E-state index < -0.39 is 0 Å². The number of aromatic hydroxyl groups is 1. The van der Waals surface area contributed by atoms with Crippen molar-refractivity contribution < 1.29 is 5.11 Å². The van der Waals surface area contributed by atoms with E-state index in [0.29, 0.717) is 5.95 Å². The summed E-state index contributed by atoms with van der Waals surface area (Å²) in [6, 6.07) is 21.7. The molecule has 2 heterocycles. The second kappa shape index (κ2) is 10.1. The summed E-state index contributed by atoms with van der Waals surface area (Å²) in [6.45, 7) is 6.28. The highest BCUT2D eigenvalue weighted by Gasteiger charge is 2.11. The number of hydrogen-bond acceptors (Lipinski definition) is 5. The first-order valence-electron chi connectivity index (χ1n) is 11.4. The molecule has 32 heavy (non-hydrogen) atoms. The van der Waals surface area contributed by atoms with E-state index in [1.165, 1.54) is 24.9 Å². The molecule has 4 aromatic rings. The lowest BCUT2D eigenvalue weighted by Gasteiger charge is -2.28. The molecular weight excluding hydrogens is 396 g/mol. The summed E-state index contributed by atoms with van der Waals surface area (Å²) in [7, 11) is 0. The Bertz CT molecular complexity index is 1150. The maximum absolute atomic E-state index is 9.59. The van der Waals surface area contributed by atoms with Crippen LogP contribution in [0.1, 0.15) is 33.1 Å². The number of nitrogens with zero attached hydrogens (tertiary/aromatic N) is 3. The Morgan fingerprint density at radius 3 is 2.28 bits per heavy atom. The average molecular weight is 427 g/mol. The standard InChI is InChI=1S/C25H24N4O.C2H6/c30-22-13-7-18(8-14-22)23-6-4-5-19-17-26-25(28-24(19)23)27-20-9-11-21(12-10-20)29-15-2-1-3-16-29;1-2/h4-14,17,30H,1-3,15-16H2,(H,26,27,28);1-2H3. The first kappa shape index (κ1) is 21.6. The lowest BCUT2D eigenvalue weighted by Crippen LogP contribution is -2.29. The number of benzene rings is 3. The minimum atomic E-state index is 0.254. The maximum atomic E-state index is 9.59. The SMILES string of the molecule is CC.Oc1ccc(-c2cccc3cnc(Nc4ccc(N5CCCCC5)cc4)nc23)cc1. The summed E-state index contributed by atoms with van der Waals surface area (Å²) in [5.74, 6) is 0.823. The molecule has 0 unspecified atom stereocenters. The minimum Gasteiger partial charge on any atom is -0.508 e. The lowest BCUT2D eigenvalue weighted by molar-refractivity contribution is 0.475. The van der Waals surface area contributed by atoms with Gasteiger partial charge in [-0.25, -0.2) is 9.97 Å². The zero-order chi connectivity index (χ0) is 22.3. The van der Waals surface area contributed by atoms with Gasteiger partial charge in [0.25, 0.3) is 0 Å². The van der Waals surface area contributed by atoms with Crippen LogP contribution in [0.25, 0.3) is 22.0 Å². The maximum Gasteiger partial charge on any atom is 0.227 e. The predicted octanol–water partition coefficient (Wildman–Crippen LogP) is 6.76. The van der Waals surface area contributed by atoms with Gasteiger partial charge in [0.05, 0.1) is 5.52 Å². The molecule has 3 aromatic carbocycles. The number of hydrogen-bond donors (Lipinski definition) is 2. The van der Waals surface area contributed by atoms with E-state index in [4.69, 9.17) is 4.98 Å². The monoisotopic (exact) mass is 426 g/mol. The predicted molar refractivity (Wildman–Crippen MR) is 134 cm³/mol. The van der Waals surface area contributed by atoms with Crippen LogP contribution in [0.2, 0.25) is 0 Å². The number of phenolic OH excluding ortho intramolecular Hbond substituents is 1. The number of phenols is 1. The summed E-state index contributed by atoms with van der Waals surface area (Å²) in [5, 5.41) is 13.9. The molecule has 2 N–H and O–H groups in total. The molecule has 5 rings (SSSR count). The number of anilines is 3. The molecule has 5 nitrogen and oxygen atoms in total. The quantitative estimate of drug-likeness (QED) is 0.377. The van der Waals surface area contributed by atoms with E-state index >= 15 is 0 Å². The Morgan fingerprint density at radius 1 is 0.844 bits per heavy atom. The van der Waals surface area contributed by atoms with Gasteiger partial charge in [-0.2, -0.15) is 0 Å². The van der Waals surface area contributed by atoms with Gasteiger partial charge in [-0.3, -0.25) is 0 Å². The minimum absolute atomic E-state index is 0.254. The molecule has 164 valence electrons. The fraction of sp³-hybridized carbons (Fsp3) is 0.259. The molecule has 0 aliphatic carbocycles. The van der Waals surface area contributed by atoms with Crippen molar-refractivity contribution in [2.24, 2.45) is 0 Å². The number of fused-ring (bicyclic) bond motifs is 1. The van der Waals surface area contributed by atoms with Gasteiger partial charge in [-0.1, -0.05) is 44.2 Å². The van der Waals surface area contributed by atoms with Crippen molar-refractivity contribution in [3.63, 3.8) is 0 Å². The lowest BCUT2D eigenvalue weighted by atomic mass is 10.0. The van der Waals surface area contributed by atoms with Crippen LogP contribution >= 0.6 is 0 Å². The van der Waals surface area contributed by atoms with Crippen molar-refractivity contribution in [2.45, 2.75) is 33.1 Å². The van der Waals surface area contributed by atoms with Gasteiger partial charge >= 0.3 is 0 Å². The average Bonchev–Trinajstić information content (AvgIpc) is 2.86. The third kappa shape index (κ3) is 4.83. The van der Waals surface area contributed by atoms with E-state index in [1.807, 2.05) is 50.4 Å². The van der Waals surface area contributed by atoms with Gasteiger partial charge in [-0.15, -0.1) is 0 Å². The fourth-order valence-electron chi connectivity index (χ4n) is 4.03. The first-order chi connectivity index (χ1) is 15.8. The second-order valence-corrected chi connectivity index (χ2v) is 7.70. The van der Waals surface area contributed by atoms with Crippen LogP contribution in [-0.2, 0) is 0 Å². The van der Waals surface area contributed by atoms with Crippen molar-refractivity contribution in [3.8, 4) is 16.9 Å². The van der Waals surface area contributed by atoms with E-state index in [-0.39, 0.29) is 5.75 Å². The van der Waals surface area contributed by atoms with E-state index in [0.717, 1.165) is 40.8 Å². The topological polar surface area (TPSA) is 61.3 Å². The normalized spacial score (nSPS) is 13.4. The highest BCUT2D eigenvalue weighted by molar-refractivity contribution is 5.94. The molecule has 0 bridgehead atoms. The van der Waals surface area contributed by atoms with Crippen molar-refractivity contribution >= 4 is 28.2 Å². The Kier molecular flexibility index (Phi) is 6.85. The number of nitrogens with one attached hydrogen (secondary N) is 1. The Hall–Kier alpha value is -3.60. The Labute approximate surface area is 189 Å². The Morgan fingerprint density at radius 2 is 1.56 bits per heavy atom. The zero-order valence-electron chi connectivity index (χ0n) is 18.8. The van der Waals surface area contributed by atoms with Crippen molar-refractivity contribution in [1.29, 1.82) is 0 Å². The van der Waals surface area contributed by atoms with Crippen LogP contribution < -0.4 is 10.2 Å². The number of piperidine rings is 1. The summed E-state index contributed by atoms with van der Waals surface area (Å²) < 4.78 is 0. The summed E-state index contributed by atoms with van der Waals surface area (Å²) in [4.78, 5) is 11.7. The van der Waals surface area contributed by atoms with Crippen molar-refractivity contribution in [3.05, 3.63) is 72.9 Å². The molecule has 1 aromatic heterocycles. The molecule has 1 fully saturated rings. The van der Waals surface area contributed by atoms with Gasteiger partial charge in [0.2, 0.25) is 5.95 Å². The van der Waals surface area contributed by atoms with Gasteiger partial charge in [0.1, 0.15) is 5.75 Å². The number of rotatable bonds is 4. The molecule has 5 heteroatoms. The smallest absolute Gasteiger partial charge is 0.227 e. The van der Waals surface area contributed by atoms with Crippen LogP contribution in [0, 0.1) is 0 Å². The van der Waals surface area contributed by atoms with E-state index in [1.54, 1.807) is 12.1 Å². The highest BCUT2D eigenvalue weighted by atomic mass is 16.3. The molecular formula is C27H30N4O. The molecule has 0 atom stereocenters. The molecule has 1 aliphatic heterocycles. The van der Waals surface area contributed by atoms with Crippen LogP contribution in [0.3, 0.4) is 0 Å². The molecule has 0 spiro atoms. The molecule has 0 amide bonds. The summed E-state index contributed by atoms with van der Waals surface area (Å²) in [5.41, 5.74) is 5.14. The van der Waals surface area contributed by atoms with Crippen LogP contribution in [-0.4, -0.2) is 28.2 Å². The van der Waals surface area contributed by atoms with Crippen LogP contribution in [0.4, 0.5) is 17.3 Å². The summed E-state index contributed by atoms with van der Waals surface area (Å²) >= 11 is 0. The number of para-hydroxylation sites is 1. The second-order valence-electron chi connectivity index (χ2n) is 7.70. The van der Waals surface area contributed by atoms with E-state index in [2.05, 4.69) is 39.5 Å². The van der Waals surface area contributed by atoms with Gasteiger partial charge in [0.15, 0.2) is 0 Å². The van der Waals surface area contributed by atoms with Crippen LogP contribution in [0.5, 0.6) is 5.75 Å². The van der Waals surface area contributed by atoms with Crippen molar-refractivity contribution in [1.82, 2.24) is 9.97 Å². The van der Waals surface area contributed by atoms with Gasteiger partial charge < -0.3 is 15.3 Å². The third-order valence-corrected chi connectivity index (χ3v) is 5.63. The first-order valence-corrected chi connectivity index (χ1v) is 11.4. The molecule has 0 radical (unpaired) electrons. The molecule has 1 saturated heterocycles. The Balaban J connectivity index is 0.00000119. The summed E-state index contributed by atoms with van der Waals surface area (Å²) in [6.07, 6.45) is 5.72. The number of aromatic nitrogens is 2. The van der Waals surface area contributed by atoms with E-state index in [9.17, 15) is 5.11 Å². The largest absolute Gasteiger partial charge is 0.508 e. The van der Waals surface area contributed by atoms with Crippen molar-refractivity contribution in [2.75, 3.05) is 23.3 Å². The highest BCUT2D eigenvalue weighted by Crippen LogP contribution is 2.29. The van der Waals surface area contributed by atoms with Gasteiger partial charge in [0, 0.05) is 41.6 Å². The zero-order valence-corrected chi connectivity index (χ0v) is 18.8. The molecule has 1 aliphatic rings.